The Kier molecular flexibility index (Phi) is 9.56. The Labute approximate surface area is 149 Å². The summed E-state index contributed by atoms with van der Waals surface area (Å²) in [4.78, 5) is 16.3. The zero-order valence-corrected chi connectivity index (χ0v) is 14.9. The van der Waals surface area contributed by atoms with Crippen LogP contribution < -0.4 is 11.1 Å². The summed E-state index contributed by atoms with van der Waals surface area (Å²) in [7, 11) is 0. The molecule has 128 valence electrons. The highest BCUT2D eigenvalue weighted by Crippen LogP contribution is 2.18. The Balaban J connectivity index is 0.00000242. The number of hydrogen-bond acceptors (Lipinski definition) is 3. The zero-order valence-electron chi connectivity index (χ0n) is 13.3. The molecule has 7 heteroatoms. The number of rotatable bonds is 6. The third kappa shape index (κ3) is 5.86. The van der Waals surface area contributed by atoms with Crippen LogP contribution in [0.4, 0.5) is 0 Å². The smallest absolute Gasteiger partial charge is 0.224 e. The van der Waals surface area contributed by atoms with Crippen molar-refractivity contribution < 1.29 is 4.79 Å². The Hall–Kier alpha value is -1.56. The standard InChI is InChI=1S/C16H22N4O.2ClH/c1-12(15(17)14-6-4-3-5-7-14)16(21)19-9-11-20-10-8-18-13(20)2;;/h3-8,10,12,15H,9,11,17H2,1-2H3,(H,19,21);2*1H. The van der Waals surface area contributed by atoms with E-state index in [1.807, 2.05) is 54.9 Å². The number of nitrogens with zero attached hydrogens (tertiary/aromatic N) is 2. The van der Waals surface area contributed by atoms with Crippen molar-refractivity contribution in [2.45, 2.75) is 26.4 Å². The van der Waals surface area contributed by atoms with Crippen LogP contribution in [-0.2, 0) is 11.3 Å². The molecule has 0 fully saturated rings. The first kappa shape index (κ1) is 21.4. The molecule has 1 aromatic carbocycles. The van der Waals surface area contributed by atoms with E-state index in [1.54, 1.807) is 6.20 Å². The summed E-state index contributed by atoms with van der Waals surface area (Å²) in [5.41, 5.74) is 7.13. The third-order valence-electron chi connectivity index (χ3n) is 3.71. The summed E-state index contributed by atoms with van der Waals surface area (Å²) in [6.45, 7) is 5.08. The number of carbonyl (C=O) groups is 1. The quantitative estimate of drug-likeness (QED) is 0.832. The van der Waals surface area contributed by atoms with Gasteiger partial charge in [0.15, 0.2) is 0 Å². The van der Waals surface area contributed by atoms with E-state index in [2.05, 4.69) is 10.3 Å². The first-order chi connectivity index (χ1) is 10.1. The lowest BCUT2D eigenvalue weighted by Gasteiger charge is -2.20. The lowest BCUT2D eigenvalue weighted by atomic mass is 9.95. The molecule has 2 unspecified atom stereocenters. The molecule has 1 amide bonds. The molecule has 2 atom stereocenters. The van der Waals surface area contributed by atoms with E-state index in [0.29, 0.717) is 13.1 Å². The van der Waals surface area contributed by atoms with Crippen LogP contribution in [-0.4, -0.2) is 22.0 Å². The van der Waals surface area contributed by atoms with E-state index in [9.17, 15) is 4.79 Å². The van der Waals surface area contributed by atoms with Crippen molar-refractivity contribution in [2.75, 3.05) is 6.54 Å². The number of halogens is 2. The number of amides is 1. The van der Waals surface area contributed by atoms with Crippen molar-refractivity contribution in [3.8, 4) is 0 Å². The molecule has 1 aromatic heterocycles. The molecule has 1 heterocycles. The van der Waals surface area contributed by atoms with E-state index in [-0.39, 0.29) is 42.7 Å². The van der Waals surface area contributed by atoms with Gasteiger partial charge in [-0.2, -0.15) is 0 Å². The van der Waals surface area contributed by atoms with Crippen LogP contribution in [0.1, 0.15) is 24.4 Å². The highest BCUT2D eigenvalue weighted by molar-refractivity contribution is 5.85. The fourth-order valence-electron chi connectivity index (χ4n) is 2.23. The van der Waals surface area contributed by atoms with Gasteiger partial charge >= 0.3 is 0 Å². The van der Waals surface area contributed by atoms with E-state index in [4.69, 9.17) is 5.73 Å². The molecule has 0 bridgehead atoms. The minimum atomic E-state index is -0.291. The van der Waals surface area contributed by atoms with Crippen LogP contribution in [0.15, 0.2) is 42.7 Å². The van der Waals surface area contributed by atoms with Crippen LogP contribution in [0, 0.1) is 12.8 Å². The van der Waals surface area contributed by atoms with E-state index >= 15 is 0 Å². The van der Waals surface area contributed by atoms with Crippen LogP contribution in [0.5, 0.6) is 0 Å². The van der Waals surface area contributed by atoms with Crippen LogP contribution in [0.25, 0.3) is 0 Å². The van der Waals surface area contributed by atoms with Crippen molar-refractivity contribution >= 4 is 30.7 Å². The average Bonchev–Trinajstić information content (AvgIpc) is 2.92. The van der Waals surface area contributed by atoms with Crippen molar-refractivity contribution in [3.63, 3.8) is 0 Å². The predicted molar refractivity (Wildman–Crippen MR) is 97.0 cm³/mol. The van der Waals surface area contributed by atoms with E-state index in [1.165, 1.54) is 0 Å². The lowest BCUT2D eigenvalue weighted by Crippen LogP contribution is -2.37. The Morgan fingerprint density at radius 1 is 1.30 bits per heavy atom. The molecule has 0 aliphatic heterocycles. The SMILES string of the molecule is Cc1nccn1CCNC(=O)C(C)C(N)c1ccccc1.Cl.Cl. The van der Waals surface area contributed by atoms with Gasteiger partial charge in [-0.3, -0.25) is 4.79 Å². The number of nitrogens with one attached hydrogen (secondary N) is 1. The van der Waals surface area contributed by atoms with Gasteiger partial charge < -0.3 is 15.6 Å². The number of benzene rings is 1. The molecule has 0 aliphatic rings. The maximum atomic E-state index is 12.2. The Morgan fingerprint density at radius 3 is 2.52 bits per heavy atom. The summed E-state index contributed by atoms with van der Waals surface area (Å²) in [6, 6.07) is 9.41. The van der Waals surface area contributed by atoms with Gasteiger partial charge in [-0.05, 0) is 12.5 Å². The van der Waals surface area contributed by atoms with Crippen molar-refractivity contribution in [1.29, 1.82) is 0 Å². The predicted octanol–water partition coefficient (Wildman–Crippen LogP) is 2.49. The topological polar surface area (TPSA) is 72.9 Å². The normalized spacial score (nSPS) is 12.5. The zero-order chi connectivity index (χ0) is 15.2. The fraction of sp³-hybridized carbons (Fsp3) is 0.375. The molecule has 5 nitrogen and oxygen atoms in total. The van der Waals surface area contributed by atoms with E-state index < -0.39 is 0 Å². The van der Waals surface area contributed by atoms with Crippen molar-refractivity contribution in [1.82, 2.24) is 14.9 Å². The number of imidazole rings is 1. The van der Waals surface area contributed by atoms with E-state index in [0.717, 1.165) is 11.4 Å². The Bertz CT molecular complexity index is 589. The number of nitrogens with two attached hydrogens (primary N) is 1. The summed E-state index contributed by atoms with van der Waals surface area (Å²) < 4.78 is 2.00. The Morgan fingerprint density at radius 2 is 1.96 bits per heavy atom. The highest BCUT2D eigenvalue weighted by Gasteiger charge is 2.21. The average molecular weight is 359 g/mol. The molecule has 2 rings (SSSR count). The number of carbonyl (C=O) groups excluding carboxylic acids is 1. The van der Waals surface area contributed by atoms with Gasteiger partial charge in [-0.1, -0.05) is 37.3 Å². The number of hydrogen-bond donors (Lipinski definition) is 2. The lowest BCUT2D eigenvalue weighted by molar-refractivity contribution is -0.125. The third-order valence-corrected chi connectivity index (χ3v) is 3.71. The molecule has 0 saturated heterocycles. The first-order valence-corrected chi connectivity index (χ1v) is 7.15. The summed E-state index contributed by atoms with van der Waals surface area (Å²) in [5.74, 6) is 0.652. The minimum absolute atomic E-state index is 0. The van der Waals surface area contributed by atoms with Gasteiger partial charge in [0.2, 0.25) is 5.91 Å². The minimum Gasteiger partial charge on any atom is -0.354 e. The van der Waals surface area contributed by atoms with Gasteiger partial charge in [0.05, 0.1) is 5.92 Å². The van der Waals surface area contributed by atoms with Gasteiger partial charge in [-0.25, -0.2) is 4.98 Å². The highest BCUT2D eigenvalue weighted by atomic mass is 35.5. The monoisotopic (exact) mass is 358 g/mol. The molecule has 0 radical (unpaired) electrons. The van der Waals surface area contributed by atoms with Crippen molar-refractivity contribution in [2.24, 2.45) is 11.7 Å². The molecular weight excluding hydrogens is 335 g/mol. The van der Waals surface area contributed by atoms with Gasteiger partial charge in [0.1, 0.15) is 5.82 Å². The summed E-state index contributed by atoms with van der Waals surface area (Å²) >= 11 is 0. The fourth-order valence-corrected chi connectivity index (χ4v) is 2.23. The second kappa shape index (κ2) is 10.3. The molecule has 0 saturated carbocycles. The molecule has 0 spiro atoms. The van der Waals surface area contributed by atoms with Crippen LogP contribution >= 0.6 is 24.8 Å². The van der Waals surface area contributed by atoms with Crippen LogP contribution in [0.2, 0.25) is 0 Å². The van der Waals surface area contributed by atoms with Gasteiger partial charge in [0.25, 0.3) is 0 Å². The molecule has 0 aliphatic carbocycles. The summed E-state index contributed by atoms with van der Waals surface area (Å²) in [6.07, 6.45) is 3.66. The van der Waals surface area contributed by atoms with Gasteiger partial charge in [0, 0.05) is 31.5 Å². The maximum Gasteiger partial charge on any atom is 0.224 e. The van der Waals surface area contributed by atoms with Crippen molar-refractivity contribution in [3.05, 3.63) is 54.1 Å². The first-order valence-electron chi connectivity index (χ1n) is 7.15. The largest absolute Gasteiger partial charge is 0.354 e. The second-order valence-corrected chi connectivity index (χ2v) is 5.18. The molecular formula is C16H24Cl2N4O. The maximum absolute atomic E-state index is 12.2. The molecule has 23 heavy (non-hydrogen) atoms. The van der Waals surface area contributed by atoms with Crippen LogP contribution in [0.3, 0.4) is 0 Å². The van der Waals surface area contributed by atoms with Gasteiger partial charge in [-0.15, -0.1) is 24.8 Å². The second-order valence-electron chi connectivity index (χ2n) is 5.18. The number of aromatic nitrogens is 2. The number of aryl methyl sites for hydroxylation is 1. The molecule has 3 N–H and O–H groups in total. The molecule has 2 aromatic rings. The summed E-state index contributed by atoms with van der Waals surface area (Å²) in [5, 5.41) is 2.93.